The third kappa shape index (κ3) is 5.51. The number of benzene rings is 1. The average Bonchev–Trinajstić information content (AvgIpc) is 3.32. The van der Waals surface area contributed by atoms with Crippen molar-refractivity contribution in [1.29, 1.82) is 0 Å². The molecule has 6 nitrogen and oxygen atoms in total. The number of aliphatic hydroxyl groups is 2. The molecule has 6 heteroatoms. The van der Waals surface area contributed by atoms with Gasteiger partial charge in [-0.05, 0) is 148 Å². The van der Waals surface area contributed by atoms with Crippen LogP contribution in [0, 0.1) is 73.4 Å². The van der Waals surface area contributed by atoms with Crippen molar-refractivity contribution in [2.75, 3.05) is 13.7 Å². The van der Waals surface area contributed by atoms with Crippen LogP contribution in [0.15, 0.2) is 24.3 Å². The highest BCUT2D eigenvalue weighted by atomic mass is 16.6. The fraction of sp³-hybridized carbons (Fsp3) is 0.820. The lowest BCUT2D eigenvalue weighted by Crippen LogP contribution is -2.75. The topological polar surface area (TPSA) is 96.2 Å². The molecule has 56 heavy (non-hydrogen) atoms. The van der Waals surface area contributed by atoms with E-state index in [0.717, 1.165) is 103 Å². The number of fused-ring (bicyclic) bond motifs is 3. The summed E-state index contributed by atoms with van der Waals surface area (Å²) in [6.45, 7) is 15.0. The molecule has 14 atom stereocenters. The highest BCUT2D eigenvalue weighted by Gasteiger charge is 2.82. The minimum Gasteiger partial charge on any atom is -0.481 e. The first kappa shape index (κ1) is 40.9. The molecule has 1 heterocycles. The fourth-order valence-electron chi connectivity index (χ4n) is 16.6. The predicted octanol–water partition coefficient (Wildman–Crippen LogP) is 10.2. The van der Waals surface area contributed by atoms with Gasteiger partial charge in [0, 0.05) is 42.6 Å². The Kier molecular flexibility index (Phi) is 10.3. The van der Waals surface area contributed by atoms with Crippen molar-refractivity contribution < 1.29 is 29.6 Å². The summed E-state index contributed by atoms with van der Waals surface area (Å²) >= 11 is 0. The van der Waals surface area contributed by atoms with Crippen molar-refractivity contribution in [3.63, 3.8) is 0 Å². The zero-order valence-corrected chi connectivity index (χ0v) is 36.0. The Morgan fingerprint density at radius 3 is 2.30 bits per heavy atom. The highest BCUT2D eigenvalue weighted by molar-refractivity contribution is 5.74. The molecule has 3 N–H and O–H groups in total. The first-order valence-corrected chi connectivity index (χ1v) is 22.9. The third-order valence-electron chi connectivity index (χ3n) is 19.5. The lowest BCUT2D eigenvalue weighted by atomic mass is 9.24. The number of aliphatic hydroxyl groups excluding tert-OH is 1. The van der Waals surface area contributed by atoms with Gasteiger partial charge in [0.05, 0.1) is 24.2 Å². The standard InChI is InChI=1S/C50H74O6/c1-8-11-34-13-10-20-48-28-29-49-38(12-9-2)50(54,56-40(49)31-36-16-14-35(15-17-36)19-30-55-7)32-37(51)41(49)45(48,5)25-27-47(21-18-34)39-33-44(4,42(52)53)23-22-43(39,3)24-26-46(47,48)6/h14-17,34,37-41,51,54H,8-9,11-13,18-19,21-33H2,1-7H3,(H,52,53). The van der Waals surface area contributed by atoms with Crippen LogP contribution in [-0.4, -0.2) is 53.0 Å². The summed E-state index contributed by atoms with van der Waals surface area (Å²) in [6, 6.07) is 8.91. The van der Waals surface area contributed by atoms with E-state index < -0.39 is 23.3 Å². The van der Waals surface area contributed by atoms with Crippen molar-refractivity contribution in [3.8, 4) is 11.8 Å². The van der Waals surface area contributed by atoms with E-state index in [1.165, 1.54) is 24.0 Å². The quantitative estimate of drug-likeness (QED) is 0.205. The highest BCUT2D eigenvalue weighted by Crippen LogP contribution is 2.85. The molecule has 1 aromatic rings. The van der Waals surface area contributed by atoms with E-state index in [0.29, 0.717) is 18.4 Å². The van der Waals surface area contributed by atoms with E-state index in [2.05, 4.69) is 70.7 Å². The lowest BCUT2D eigenvalue weighted by molar-refractivity contribution is -0.314. The molecule has 1 aromatic carbocycles. The fourth-order valence-corrected chi connectivity index (χ4v) is 16.6. The maximum Gasteiger partial charge on any atom is 0.309 e. The second-order valence-electron chi connectivity index (χ2n) is 21.7. The average molecular weight is 771 g/mol. The van der Waals surface area contributed by atoms with Gasteiger partial charge in [-0.15, -0.1) is 5.92 Å². The molecule has 8 rings (SSSR count). The summed E-state index contributed by atoms with van der Waals surface area (Å²) < 4.78 is 12.4. The van der Waals surface area contributed by atoms with Crippen LogP contribution in [0.25, 0.3) is 0 Å². The number of ether oxygens (including phenoxy) is 2. The Morgan fingerprint density at radius 2 is 1.61 bits per heavy atom. The van der Waals surface area contributed by atoms with Crippen LogP contribution in [0.3, 0.4) is 0 Å². The third-order valence-corrected chi connectivity index (χ3v) is 19.5. The second-order valence-corrected chi connectivity index (χ2v) is 21.7. The number of hydrogen-bond acceptors (Lipinski definition) is 5. The lowest BCUT2D eigenvalue weighted by Gasteiger charge is -2.79. The minimum atomic E-state index is -1.34. The molecular weight excluding hydrogens is 697 g/mol. The number of methoxy groups -OCH3 is 1. The van der Waals surface area contributed by atoms with E-state index in [1.807, 2.05) is 6.92 Å². The van der Waals surface area contributed by atoms with E-state index in [9.17, 15) is 20.1 Å². The van der Waals surface area contributed by atoms with Crippen molar-refractivity contribution in [1.82, 2.24) is 0 Å². The number of carboxylic acid groups (broad SMARTS) is 1. The van der Waals surface area contributed by atoms with Gasteiger partial charge in [-0.3, -0.25) is 4.79 Å². The molecule has 4 bridgehead atoms. The van der Waals surface area contributed by atoms with Crippen molar-refractivity contribution >= 4 is 5.97 Å². The summed E-state index contributed by atoms with van der Waals surface area (Å²) in [5.74, 6) is 7.05. The summed E-state index contributed by atoms with van der Waals surface area (Å²) in [6.07, 6.45) is 17.0. The van der Waals surface area contributed by atoms with E-state index in [4.69, 9.17) is 9.47 Å². The predicted molar refractivity (Wildman–Crippen MR) is 220 cm³/mol. The first-order valence-electron chi connectivity index (χ1n) is 22.9. The van der Waals surface area contributed by atoms with Crippen LogP contribution < -0.4 is 0 Å². The molecule has 0 amide bonds. The molecule has 14 unspecified atom stereocenters. The number of carbonyl (C=O) groups is 1. The summed E-state index contributed by atoms with van der Waals surface area (Å²) in [5.41, 5.74) is 0.718. The van der Waals surface area contributed by atoms with Gasteiger partial charge in [0.2, 0.25) is 0 Å². The Labute approximate surface area is 338 Å². The van der Waals surface area contributed by atoms with E-state index in [-0.39, 0.29) is 56.9 Å². The zero-order valence-electron chi connectivity index (χ0n) is 36.0. The Bertz CT molecular complexity index is 1710. The van der Waals surface area contributed by atoms with E-state index >= 15 is 0 Å². The van der Waals surface area contributed by atoms with Crippen molar-refractivity contribution in [3.05, 3.63) is 35.4 Å². The van der Waals surface area contributed by atoms with E-state index in [1.54, 1.807) is 7.11 Å². The Balaban J connectivity index is 1.28. The van der Waals surface area contributed by atoms with Crippen LogP contribution in [0.4, 0.5) is 0 Å². The molecule has 7 aliphatic rings. The largest absolute Gasteiger partial charge is 0.481 e. The van der Waals surface area contributed by atoms with Crippen LogP contribution in [-0.2, 0) is 27.1 Å². The molecular formula is C50H74O6. The van der Waals surface area contributed by atoms with Gasteiger partial charge in [-0.1, -0.05) is 77.6 Å². The maximum atomic E-state index is 13.1. The molecule has 6 fully saturated rings. The van der Waals surface area contributed by atoms with Crippen LogP contribution in [0.1, 0.15) is 162 Å². The van der Waals surface area contributed by atoms with Gasteiger partial charge in [0.15, 0.2) is 5.79 Å². The summed E-state index contributed by atoms with van der Waals surface area (Å²) in [5, 5.41) is 36.1. The monoisotopic (exact) mass is 771 g/mol. The van der Waals surface area contributed by atoms with Gasteiger partial charge in [-0.25, -0.2) is 0 Å². The maximum absolute atomic E-state index is 13.1. The molecule has 1 aliphatic heterocycles. The van der Waals surface area contributed by atoms with Gasteiger partial charge >= 0.3 is 5.97 Å². The summed E-state index contributed by atoms with van der Waals surface area (Å²) in [7, 11) is 1.75. The van der Waals surface area contributed by atoms with Gasteiger partial charge in [0.25, 0.3) is 0 Å². The molecule has 6 aliphatic carbocycles. The molecule has 310 valence electrons. The SMILES string of the molecule is CCCC1CC#CC23CCC45C(Cc6ccc(CCOC)cc6)OC(O)(CC(O)C4C2(C)CCC2(CC1)C1CC(C)(C(=O)O)CCC1(C)CCC23C)C5CCC. The van der Waals surface area contributed by atoms with Crippen LogP contribution in [0.2, 0.25) is 0 Å². The molecule has 2 spiro atoms. The summed E-state index contributed by atoms with van der Waals surface area (Å²) in [4.78, 5) is 13.1. The smallest absolute Gasteiger partial charge is 0.309 e. The minimum absolute atomic E-state index is 0.0224. The zero-order chi connectivity index (χ0) is 40.0. The molecule has 0 aromatic heterocycles. The number of carboxylic acids is 1. The van der Waals surface area contributed by atoms with Crippen molar-refractivity contribution in [2.24, 2.45) is 61.6 Å². The Morgan fingerprint density at radius 1 is 0.893 bits per heavy atom. The van der Waals surface area contributed by atoms with Gasteiger partial charge in [0.1, 0.15) is 0 Å². The Hall–Kier alpha value is -1.91. The second kappa shape index (κ2) is 14.1. The number of hydrogen-bond donors (Lipinski definition) is 3. The van der Waals surface area contributed by atoms with Crippen molar-refractivity contribution in [2.45, 2.75) is 182 Å². The number of aliphatic carboxylic acids is 1. The normalized spacial score (nSPS) is 49.1. The molecule has 0 radical (unpaired) electrons. The van der Waals surface area contributed by atoms with Crippen LogP contribution >= 0.6 is 0 Å². The van der Waals surface area contributed by atoms with Gasteiger partial charge < -0.3 is 24.8 Å². The number of rotatable bonds is 10. The first-order chi connectivity index (χ1) is 26.6. The van der Waals surface area contributed by atoms with Gasteiger partial charge in [-0.2, -0.15) is 0 Å². The van der Waals surface area contributed by atoms with Crippen LogP contribution in [0.5, 0.6) is 0 Å². The molecule has 5 saturated carbocycles. The molecule has 1 saturated heterocycles.